The summed E-state index contributed by atoms with van der Waals surface area (Å²) in [4.78, 5) is 11.7. The highest BCUT2D eigenvalue weighted by atomic mass is 32.1. The lowest BCUT2D eigenvalue weighted by Gasteiger charge is -2.13. The van der Waals surface area contributed by atoms with Crippen LogP contribution in [0.1, 0.15) is 27.7 Å². The van der Waals surface area contributed by atoms with Gasteiger partial charge in [0, 0.05) is 6.92 Å². The Kier molecular flexibility index (Phi) is 12.3. The van der Waals surface area contributed by atoms with Crippen molar-refractivity contribution < 1.29 is 4.79 Å². The van der Waals surface area contributed by atoms with Crippen LogP contribution in [0.3, 0.4) is 0 Å². The summed E-state index contributed by atoms with van der Waals surface area (Å²) in [6.45, 7) is 11.5. The first-order valence-electron chi connectivity index (χ1n) is 4.00. The van der Waals surface area contributed by atoms with Gasteiger partial charge in [-0.1, -0.05) is 20.8 Å². The van der Waals surface area contributed by atoms with Crippen molar-refractivity contribution in [2.75, 3.05) is 19.6 Å². The zero-order valence-corrected chi connectivity index (χ0v) is 8.82. The Morgan fingerprint density at radius 1 is 1.18 bits per heavy atom. The molecule has 0 aliphatic rings. The van der Waals surface area contributed by atoms with Crippen LogP contribution in [0.4, 0.5) is 0 Å². The molecule has 0 atom stereocenters. The van der Waals surface area contributed by atoms with E-state index in [1.54, 1.807) is 0 Å². The van der Waals surface area contributed by atoms with Crippen molar-refractivity contribution in [1.29, 1.82) is 0 Å². The van der Waals surface area contributed by atoms with E-state index in [0.717, 1.165) is 0 Å². The van der Waals surface area contributed by atoms with Crippen LogP contribution >= 0.6 is 12.6 Å². The van der Waals surface area contributed by atoms with Crippen LogP contribution in [0.15, 0.2) is 0 Å². The van der Waals surface area contributed by atoms with Crippen molar-refractivity contribution in [2.24, 2.45) is 0 Å². The molecule has 0 N–H and O–H groups in total. The van der Waals surface area contributed by atoms with E-state index < -0.39 is 0 Å². The van der Waals surface area contributed by atoms with Gasteiger partial charge in [-0.05, 0) is 19.6 Å². The summed E-state index contributed by atoms with van der Waals surface area (Å²) in [5.41, 5.74) is 0. The third-order valence-electron chi connectivity index (χ3n) is 1.34. The molecule has 0 spiro atoms. The smallest absolute Gasteiger partial charge is 0.182 e. The Hall–Kier alpha value is -0.0200. The standard InChI is InChI=1S/C6H15N.C2H4OS/c1-4-7(5-2)6-3;1-2(3)4/h4-6H2,1-3H3;1H3,(H,3,4). The Morgan fingerprint density at radius 3 is 1.36 bits per heavy atom. The average molecular weight is 177 g/mol. The molecule has 0 heterocycles. The van der Waals surface area contributed by atoms with Gasteiger partial charge in [0.05, 0.1) is 0 Å². The van der Waals surface area contributed by atoms with Crippen LogP contribution in [0, 0.1) is 0 Å². The van der Waals surface area contributed by atoms with Crippen molar-refractivity contribution in [3.05, 3.63) is 0 Å². The lowest BCUT2D eigenvalue weighted by atomic mass is 10.5. The predicted molar refractivity (Wildman–Crippen MR) is 53.1 cm³/mol. The summed E-state index contributed by atoms with van der Waals surface area (Å²) in [5, 5.41) is -0.139. The van der Waals surface area contributed by atoms with E-state index >= 15 is 0 Å². The SMILES string of the molecule is CC(=O)S.CCN(CC)CC. The second kappa shape index (κ2) is 9.98. The molecule has 11 heavy (non-hydrogen) atoms. The first kappa shape index (κ1) is 13.6. The van der Waals surface area contributed by atoms with Gasteiger partial charge < -0.3 is 4.90 Å². The second-order valence-corrected chi connectivity index (χ2v) is 2.77. The summed E-state index contributed by atoms with van der Waals surface area (Å²) in [6.07, 6.45) is 0. The normalized spacial score (nSPS) is 8.91. The maximum absolute atomic E-state index is 9.31. The number of nitrogens with zero attached hydrogens (tertiary/aromatic N) is 1. The molecular weight excluding hydrogens is 158 g/mol. The van der Waals surface area contributed by atoms with E-state index in [4.69, 9.17) is 0 Å². The fraction of sp³-hybridized carbons (Fsp3) is 0.875. The van der Waals surface area contributed by atoms with Gasteiger partial charge in [0.15, 0.2) is 5.12 Å². The van der Waals surface area contributed by atoms with Gasteiger partial charge in [0.1, 0.15) is 0 Å². The minimum Gasteiger partial charge on any atom is -0.304 e. The highest BCUT2D eigenvalue weighted by Crippen LogP contribution is 1.81. The molecule has 0 saturated carbocycles. The molecule has 2 nitrogen and oxygen atoms in total. The van der Waals surface area contributed by atoms with Crippen LogP contribution in [0.2, 0.25) is 0 Å². The van der Waals surface area contributed by atoms with Crippen LogP contribution in [-0.2, 0) is 4.79 Å². The molecule has 0 aliphatic heterocycles. The molecule has 0 aromatic heterocycles. The number of rotatable bonds is 3. The lowest BCUT2D eigenvalue weighted by Crippen LogP contribution is -2.21. The topological polar surface area (TPSA) is 20.3 Å². The van der Waals surface area contributed by atoms with Gasteiger partial charge in [-0.3, -0.25) is 4.79 Å². The third kappa shape index (κ3) is 17.8. The monoisotopic (exact) mass is 177 g/mol. The summed E-state index contributed by atoms with van der Waals surface area (Å²) in [5.74, 6) is 0. The van der Waals surface area contributed by atoms with Gasteiger partial charge in [0.25, 0.3) is 0 Å². The highest BCUT2D eigenvalue weighted by molar-refractivity contribution is 7.96. The van der Waals surface area contributed by atoms with Gasteiger partial charge in [-0.2, -0.15) is 0 Å². The Balaban J connectivity index is 0. The molecule has 0 bridgehead atoms. The number of carbonyl (C=O) groups is 1. The van der Waals surface area contributed by atoms with E-state index in [2.05, 4.69) is 38.3 Å². The lowest BCUT2D eigenvalue weighted by molar-refractivity contribution is -0.108. The number of carbonyl (C=O) groups excluding carboxylic acids is 1. The van der Waals surface area contributed by atoms with E-state index in [0.29, 0.717) is 0 Å². The molecule has 0 aromatic carbocycles. The molecule has 0 fully saturated rings. The Bertz CT molecular complexity index is 82.6. The van der Waals surface area contributed by atoms with Crippen LogP contribution in [0.25, 0.3) is 0 Å². The molecule has 68 valence electrons. The Morgan fingerprint density at radius 2 is 1.36 bits per heavy atom. The molecule has 0 saturated heterocycles. The van der Waals surface area contributed by atoms with Crippen molar-refractivity contribution in [2.45, 2.75) is 27.7 Å². The molecule has 0 amide bonds. The molecule has 0 radical (unpaired) electrons. The predicted octanol–water partition coefficient (Wildman–Crippen LogP) is 1.81. The molecular formula is C8H19NOS. The summed E-state index contributed by atoms with van der Waals surface area (Å²) < 4.78 is 0. The van der Waals surface area contributed by atoms with Crippen LogP contribution < -0.4 is 0 Å². The first-order chi connectivity index (χ1) is 5.08. The summed E-state index contributed by atoms with van der Waals surface area (Å²) in [6, 6.07) is 0. The molecule has 3 heteroatoms. The number of hydrogen-bond donors (Lipinski definition) is 1. The van der Waals surface area contributed by atoms with Crippen molar-refractivity contribution in [3.8, 4) is 0 Å². The largest absolute Gasteiger partial charge is 0.304 e. The maximum Gasteiger partial charge on any atom is 0.182 e. The molecule has 0 aliphatic carbocycles. The number of thiol groups is 1. The first-order valence-corrected chi connectivity index (χ1v) is 4.44. The number of hydrogen-bond acceptors (Lipinski definition) is 2. The van der Waals surface area contributed by atoms with Crippen molar-refractivity contribution in [3.63, 3.8) is 0 Å². The maximum atomic E-state index is 9.31. The van der Waals surface area contributed by atoms with Crippen molar-refractivity contribution in [1.82, 2.24) is 4.90 Å². The quantitative estimate of drug-likeness (QED) is 0.664. The van der Waals surface area contributed by atoms with Crippen LogP contribution in [-0.4, -0.2) is 29.6 Å². The van der Waals surface area contributed by atoms with Gasteiger partial charge in [-0.25, -0.2) is 0 Å². The average Bonchev–Trinajstić information content (AvgIpc) is 1.90. The molecule has 0 aromatic rings. The van der Waals surface area contributed by atoms with E-state index in [9.17, 15) is 4.79 Å². The van der Waals surface area contributed by atoms with Gasteiger partial charge in [-0.15, -0.1) is 12.6 Å². The van der Waals surface area contributed by atoms with E-state index in [1.165, 1.54) is 26.6 Å². The summed E-state index contributed by atoms with van der Waals surface area (Å²) >= 11 is 3.33. The van der Waals surface area contributed by atoms with Gasteiger partial charge in [0.2, 0.25) is 0 Å². The zero-order valence-electron chi connectivity index (χ0n) is 7.92. The summed E-state index contributed by atoms with van der Waals surface area (Å²) in [7, 11) is 0. The minimum absolute atomic E-state index is 0.139. The van der Waals surface area contributed by atoms with E-state index in [-0.39, 0.29) is 5.12 Å². The Labute approximate surface area is 75.4 Å². The van der Waals surface area contributed by atoms with E-state index in [1.807, 2.05) is 0 Å². The minimum atomic E-state index is -0.139. The second-order valence-electron chi connectivity index (χ2n) is 2.14. The van der Waals surface area contributed by atoms with Crippen molar-refractivity contribution >= 4 is 17.7 Å². The molecule has 0 unspecified atom stereocenters. The zero-order chi connectivity index (χ0) is 9.28. The van der Waals surface area contributed by atoms with Crippen LogP contribution in [0.5, 0.6) is 0 Å². The fourth-order valence-corrected chi connectivity index (χ4v) is 0.671. The highest BCUT2D eigenvalue weighted by Gasteiger charge is 1.89. The fourth-order valence-electron chi connectivity index (χ4n) is 0.671. The molecule has 0 rings (SSSR count). The third-order valence-corrected chi connectivity index (χ3v) is 1.34. The van der Waals surface area contributed by atoms with Gasteiger partial charge >= 0.3 is 0 Å².